The molecule has 0 atom stereocenters. The molecule has 0 N–H and O–H groups in total. The normalized spacial score (nSPS) is 9.44. The van der Waals surface area contributed by atoms with E-state index in [0.29, 0.717) is 0 Å². The van der Waals surface area contributed by atoms with Crippen molar-refractivity contribution in [1.29, 1.82) is 0 Å². The van der Waals surface area contributed by atoms with E-state index in [4.69, 9.17) is 4.74 Å². The Morgan fingerprint density at radius 1 is 1.78 bits per heavy atom. The van der Waals surface area contributed by atoms with Gasteiger partial charge in [0, 0.05) is 0 Å². The van der Waals surface area contributed by atoms with Gasteiger partial charge >= 0.3 is 0 Å². The summed E-state index contributed by atoms with van der Waals surface area (Å²) in [5.74, 6) is 0.891. The second kappa shape index (κ2) is 3.45. The first kappa shape index (κ1) is 6.55. The Labute approximate surface area is 58.6 Å². The molecule has 1 aromatic heterocycles. The van der Waals surface area contributed by atoms with Gasteiger partial charge in [0.2, 0.25) is 0 Å². The lowest BCUT2D eigenvalue weighted by atomic mass is 10.5. The number of aromatic nitrogens is 1. The second-order valence-corrected chi connectivity index (χ2v) is 2.37. The zero-order chi connectivity index (χ0) is 6.53. The van der Waals surface area contributed by atoms with Crippen molar-refractivity contribution in [2.45, 2.75) is 13.3 Å². The van der Waals surface area contributed by atoms with Crippen LogP contribution < -0.4 is 4.74 Å². The SMILES string of the molecule is CCCOc1cnsc1. The van der Waals surface area contributed by atoms with Gasteiger partial charge in [-0.05, 0) is 18.0 Å². The molecule has 3 heteroatoms. The minimum Gasteiger partial charge on any atom is -0.491 e. The summed E-state index contributed by atoms with van der Waals surface area (Å²) in [4.78, 5) is 0. The van der Waals surface area contributed by atoms with Gasteiger partial charge in [-0.3, -0.25) is 0 Å². The third-order valence-electron chi connectivity index (χ3n) is 0.883. The van der Waals surface area contributed by atoms with Crippen molar-refractivity contribution in [3.63, 3.8) is 0 Å². The lowest BCUT2D eigenvalue weighted by Crippen LogP contribution is -1.92. The van der Waals surface area contributed by atoms with Crippen molar-refractivity contribution in [3.8, 4) is 5.75 Å². The van der Waals surface area contributed by atoms with Gasteiger partial charge in [-0.1, -0.05) is 6.92 Å². The lowest BCUT2D eigenvalue weighted by molar-refractivity contribution is 0.318. The number of ether oxygens (including phenoxy) is 1. The molecule has 1 rings (SSSR count). The topological polar surface area (TPSA) is 22.1 Å². The maximum absolute atomic E-state index is 5.24. The quantitative estimate of drug-likeness (QED) is 0.645. The molecule has 0 unspecified atom stereocenters. The molecule has 0 saturated carbocycles. The zero-order valence-corrected chi connectivity index (χ0v) is 6.15. The summed E-state index contributed by atoms with van der Waals surface area (Å²) in [6.07, 6.45) is 2.79. The smallest absolute Gasteiger partial charge is 0.149 e. The van der Waals surface area contributed by atoms with Crippen LogP contribution in [0.15, 0.2) is 11.6 Å². The molecule has 0 aliphatic carbocycles. The first-order valence-corrected chi connectivity index (χ1v) is 3.79. The molecule has 1 heterocycles. The molecule has 1 aromatic rings. The molecular formula is C6H9NOS. The highest BCUT2D eigenvalue weighted by Crippen LogP contribution is 2.10. The monoisotopic (exact) mass is 143 g/mol. The number of hydrogen-bond donors (Lipinski definition) is 0. The van der Waals surface area contributed by atoms with Gasteiger partial charge in [-0.25, -0.2) is 0 Å². The highest BCUT2D eigenvalue weighted by atomic mass is 32.1. The number of hydrogen-bond acceptors (Lipinski definition) is 3. The summed E-state index contributed by atoms with van der Waals surface area (Å²) in [5.41, 5.74) is 0. The summed E-state index contributed by atoms with van der Waals surface area (Å²) in [7, 11) is 0. The van der Waals surface area contributed by atoms with Crippen molar-refractivity contribution >= 4 is 11.5 Å². The van der Waals surface area contributed by atoms with E-state index in [1.165, 1.54) is 11.5 Å². The van der Waals surface area contributed by atoms with E-state index in [0.717, 1.165) is 18.8 Å². The van der Waals surface area contributed by atoms with E-state index < -0.39 is 0 Å². The van der Waals surface area contributed by atoms with Crippen molar-refractivity contribution in [1.82, 2.24) is 4.37 Å². The maximum Gasteiger partial charge on any atom is 0.149 e. The van der Waals surface area contributed by atoms with Crippen LogP contribution in [0, 0.1) is 0 Å². The van der Waals surface area contributed by atoms with Crippen LogP contribution in [0.25, 0.3) is 0 Å². The molecule has 0 amide bonds. The first-order valence-electron chi connectivity index (χ1n) is 2.95. The molecule has 2 nitrogen and oxygen atoms in total. The molecule has 0 bridgehead atoms. The number of nitrogens with zero attached hydrogens (tertiary/aromatic N) is 1. The van der Waals surface area contributed by atoms with Crippen LogP contribution in [0.1, 0.15) is 13.3 Å². The Balaban J connectivity index is 2.30. The largest absolute Gasteiger partial charge is 0.491 e. The van der Waals surface area contributed by atoms with Crippen LogP contribution >= 0.6 is 11.5 Å². The zero-order valence-electron chi connectivity index (χ0n) is 5.33. The van der Waals surface area contributed by atoms with Crippen LogP contribution in [-0.2, 0) is 0 Å². The molecule has 0 saturated heterocycles. The van der Waals surface area contributed by atoms with Crippen LogP contribution in [0.2, 0.25) is 0 Å². The van der Waals surface area contributed by atoms with E-state index >= 15 is 0 Å². The number of rotatable bonds is 3. The Bertz CT molecular complexity index is 150. The summed E-state index contributed by atoms with van der Waals surface area (Å²) in [6.45, 7) is 2.87. The minimum absolute atomic E-state index is 0.790. The fourth-order valence-corrected chi connectivity index (χ4v) is 0.945. The van der Waals surface area contributed by atoms with E-state index in [2.05, 4.69) is 11.3 Å². The van der Waals surface area contributed by atoms with Crippen molar-refractivity contribution in [2.24, 2.45) is 0 Å². The van der Waals surface area contributed by atoms with Crippen molar-refractivity contribution < 1.29 is 4.74 Å². The van der Waals surface area contributed by atoms with E-state index in [9.17, 15) is 0 Å². The standard InChI is InChI=1S/C6H9NOS/c1-2-3-8-6-4-7-9-5-6/h4-5H,2-3H2,1H3. The Hall–Kier alpha value is -0.570. The van der Waals surface area contributed by atoms with Gasteiger partial charge in [0.1, 0.15) is 5.75 Å². The lowest BCUT2D eigenvalue weighted by Gasteiger charge is -1.96. The summed E-state index contributed by atoms with van der Waals surface area (Å²) < 4.78 is 9.13. The molecule has 0 spiro atoms. The molecule has 9 heavy (non-hydrogen) atoms. The van der Waals surface area contributed by atoms with Crippen molar-refractivity contribution in [3.05, 3.63) is 11.6 Å². The molecule has 0 aliphatic rings. The first-order chi connectivity index (χ1) is 4.43. The van der Waals surface area contributed by atoms with Gasteiger partial charge < -0.3 is 4.74 Å². The van der Waals surface area contributed by atoms with E-state index in [1.54, 1.807) is 6.20 Å². The van der Waals surface area contributed by atoms with Gasteiger partial charge in [0.05, 0.1) is 18.2 Å². The molecule has 0 aromatic carbocycles. The molecular weight excluding hydrogens is 134 g/mol. The fourth-order valence-electron chi connectivity index (χ4n) is 0.486. The third-order valence-corrected chi connectivity index (χ3v) is 1.45. The molecule has 0 aliphatic heterocycles. The van der Waals surface area contributed by atoms with Gasteiger partial charge in [0.25, 0.3) is 0 Å². The fraction of sp³-hybridized carbons (Fsp3) is 0.500. The highest BCUT2D eigenvalue weighted by molar-refractivity contribution is 7.03. The average Bonchev–Trinajstić information content (AvgIpc) is 2.34. The van der Waals surface area contributed by atoms with Crippen molar-refractivity contribution in [2.75, 3.05) is 6.61 Å². The predicted molar refractivity (Wildman–Crippen MR) is 37.9 cm³/mol. The van der Waals surface area contributed by atoms with Crippen LogP contribution in [0.4, 0.5) is 0 Å². The van der Waals surface area contributed by atoms with Gasteiger partial charge in [0.15, 0.2) is 0 Å². The van der Waals surface area contributed by atoms with Crippen LogP contribution in [-0.4, -0.2) is 11.0 Å². The van der Waals surface area contributed by atoms with Crippen LogP contribution in [0.5, 0.6) is 5.75 Å². The summed E-state index contributed by atoms with van der Waals surface area (Å²) in [5, 5.41) is 1.90. The van der Waals surface area contributed by atoms with E-state index in [-0.39, 0.29) is 0 Å². The van der Waals surface area contributed by atoms with Gasteiger partial charge in [-0.15, -0.1) is 0 Å². The van der Waals surface area contributed by atoms with E-state index in [1.807, 2.05) is 5.38 Å². The molecule has 50 valence electrons. The summed E-state index contributed by atoms with van der Waals surface area (Å²) >= 11 is 1.42. The van der Waals surface area contributed by atoms with Crippen LogP contribution in [0.3, 0.4) is 0 Å². The highest BCUT2D eigenvalue weighted by Gasteiger charge is 1.90. The Morgan fingerprint density at radius 2 is 2.67 bits per heavy atom. The molecule has 0 radical (unpaired) electrons. The van der Waals surface area contributed by atoms with Gasteiger partial charge in [-0.2, -0.15) is 4.37 Å². The predicted octanol–water partition coefficient (Wildman–Crippen LogP) is 1.93. The maximum atomic E-state index is 5.24. The Kier molecular flexibility index (Phi) is 2.51. The molecule has 0 fully saturated rings. The average molecular weight is 143 g/mol. The Morgan fingerprint density at radius 3 is 3.22 bits per heavy atom. The summed E-state index contributed by atoms with van der Waals surface area (Å²) in [6, 6.07) is 0. The minimum atomic E-state index is 0.790. The third kappa shape index (κ3) is 2.01. The second-order valence-electron chi connectivity index (χ2n) is 1.71.